The predicted molar refractivity (Wildman–Crippen MR) is 53.6 cm³/mol. The van der Waals surface area contributed by atoms with Crippen molar-refractivity contribution in [3.05, 3.63) is 11.6 Å². The summed E-state index contributed by atoms with van der Waals surface area (Å²) in [5.41, 5.74) is -0.373. The molecule has 2 aliphatic rings. The minimum absolute atomic E-state index is 0.0307. The average Bonchev–Trinajstić information content (AvgIpc) is 2.35. The number of hydrogen-bond acceptors (Lipinski definition) is 1. The molecule has 2 aliphatic carbocycles. The number of fused-ring (bicyclic) bond motifs is 2. The van der Waals surface area contributed by atoms with Crippen molar-refractivity contribution in [2.45, 2.75) is 33.1 Å². The van der Waals surface area contributed by atoms with Crippen molar-refractivity contribution >= 4 is 17.4 Å². The molecule has 0 aromatic rings. The molecule has 1 nitrogen and oxygen atoms in total. The minimum atomic E-state index is -0.404. The van der Waals surface area contributed by atoms with Gasteiger partial charge in [0.25, 0.3) is 0 Å². The lowest BCUT2D eigenvalue weighted by atomic mass is 9.69. The number of Topliss-reactive ketones (excluding diaryl/α,β-unsaturated/α-hetero) is 1. The number of ketones is 1. The van der Waals surface area contributed by atoms with Crippen molar-refractivity contribution in [2.75, 3.05) is 0 Å². The van der Waals surface area contributed by atoms with Gasteiger partial charge in [-0.3, -0.25) is 4.79 Å². The highest BCUT2D eigenvalue weighted by molar-refractivity contribution is 6.32. The van der Waals surface area contributed by atoms with Crippen LogP contribution in [-0.4, -0.2) is 5.78 Å². The molecule has 0 radical (unpaired) electrons. The average molecular weight is 199 g/mol. The minimum Gasteiger partial charge on any atom is -0.299 e. The van der Waals surface area contributed by atoms with Crippen LogP contribution in [-0.2, 0) is 4.79 Å². The molecule has 0 heterocycles. The fraction of sp³-hybridized carbons (Fsp3) is 0.727. The van der Waals surface area contributed by atoms with Gasteiger partial charge in [-0.25, -0.2) is 0 Å². The standard InChI is InChI=1S/C11H15ClO/c1-7(12)11-5-4-8(6-9(11)13)10(11,2)3/h8H,1,4-6H2,2-3H3. The van der Waals surface area contributed by atoms with E-state index in [1.807, 2.05) is 0 Å². The number of carbonyl (C=O) groups is 1. The summed E-state index contributed by atoms with van der Waals surface area (Å²) in [7, 11) is 0. The maximum atomic E-state index is 11.9. The third-order valence-electron chi connectivity index (χ3n) is 4.36. The first-order valence-corrected chi connectivity index (χ1v) is 5.19. The lowest BCUT2D eigenvalue weighted by Gasteiger charge is -2.35. The molecule has 0 saturated heterocycles. The van der Waals surface area contributed by atoms with Gasteiger partial charge < -0.3 is 0 Å². The zero-order valence-electron chi connectivity index (χ0n) is 8.19. The van der Waals surface area contributed by atoms with Crippen LogP contribution >= 0.6 is 11.6 Å². The first kappa shape index (κ1) is 9.26. The molecule has 13 heavy (non-hydrogen) atoms. The lowest BCUT2D eigenvalue weighted by molar-refractivity contribution is -0.126. The van der Waals surface area contributed by atoms with E-state index < -0.39 is 5.41 Å². The Morgan fingerprint density at radius 3 is 2.46 bits per heavy atom. The van der Waals surface area contributed by atoms with E-state index in [2.05, 4.69) is 20.4 Å². The third kappa shape index (κ3) is 0.817. The first-order valence-electron chi connectivity index (χ1n) is 4.81. The zero-order valence-corrected chi connectivity index (χ0v) is 8.95. The smallest absolute Gasteiger partial charge is 0.145 e. The molecule has 0 spiro atoms. The van der Waals surface area contributed by atoms with Crippen molar-refractivity contribution < 1.29 is 4.79 Å². The van der Waals surface area contributed by atoms with Crippen LogP contribution in [0.15, 0.2) is 11.6 Å². The monoisotopic (exact) mass is 198 g/mol. The Balaban J connectivity index is 2.55. The summed E-state index contributed by atoms with van der Waals surface area (Å²) in [5.74, 6) is 0.837. The number of carbonyl (C=O) groups excluding carboxylic acids is 1. The highest BCUT2D eigenvalue weighted by Crippen LogP contribution is 2.67. The Hall–Kier alpha value is -0.300. The maximum absolute atomic E-state index is 11.9. The number of rotatable bonds is 1. The predicted octanol–water partition coefficient (Wildman–Crippen LogP) is 3.13. The van der Waals surface area contributed by atoms with E-state index in [0.29, 0.717) is 23.2 Å². The van der Waals surface area contributed by atoms with Gasteiger partial charge in [0, 0.05) is 11.5 Å². The second-order valence-corrected chi connectivity index (χ2v) is 5.35. The Bertz CT molecular complexity index is 292. The molecule has 2 unspecified atom stereocenters. The van der Waals surface area contributed by atoms with E-state index in [1.54, 1.807) is 0 Å². The molecular formula is C11H15ClO. The lowest BCUT2D eigenvalue weighted by Crippen LogP contribution is -2.35. The van der Waals surface area contributed by atoms with Crippen LogP contribution in [0.4, 0.5) is 0 Å². The molecule has 2 saturated carbocycles. The van der Waals surface area contributed by atoms with Gasteiger partial charge in [-0.2, -0.15) is 0 Å². The molecule has 2 rings (SSSR count). The van der Waals surface area contributed by atoms with Crippen LogP contribution in [0.25, 0.3) is 0 Å². The molecule has 0 aromatic heterocycles. The molecular weight excluding hydrogens is 184 g/mol. The van der Waals surface area contributed by atoms with Crippen molar-refractivity contribution in [2.24, 2.45) is 16.7 Å². The van der Waals surface area contributed by atoms with Crippen LogP contribution in [0.5, 0.6) is 0 Å². The Morgan fingerprint density at radius 1 is 1.62 bits per heavy atom. The van der Waals surface area contributed by atoms with Crippen molar-refractivity contribution in [3.63, 3.8) is 0 Å². The summed E-state index contributed by atoms with van der Waals surface area (Å²) in [6.45, 7) is 8.11. The molecule has 0 amide bonds. The third-order valence-corrected chi connectivity index (χ3v) is 4.68. The molecule has 72 valence electrons. The van der Waals surface area contributed by atoms with Crippen molar-refractivity contribution in [3.8, 4) is 0 Å². The second-order valence-electron chi connectivity index (χ2n) is 4.89. The molecule has 0 N–H and O–H groups in total. The van der Waals surface area contributed by atoms with Crippen LogP contribution < -0.4 is 0 Å². The Labute approximate surface area is 84.2 Å². The zero-order chi connectivity index (χ0) is 9.85. The van der Waals surface area contributed by atoms with E-state index in [4.69, 9.17) is 11.6 Å². The van der Waals surface area contributed by atoms with E-state index in [0.717, 1.165) is 12.8 Å². The molecule has 0 aromatic carbocycles. The fourth-order valence-electron chi connectivity index (χ4n) is 3.31. The van der Waals surface area contributed by atoms with Gasteiger partial charge in [0.2, 0.25) is 0 Å². The Morgan fingerprint density at radius 2 is 2.23 bits per heavy atom. The summed E-state index contributed by atoms with van der Waals surface area (Å²) >= 11 is 6.03. The highest BCUT2D eigenvalue weighted by atomic mass is 35.5. The van der Waals surface area contributed by atoms with Crippen LogP contribution in [0.2, 0.25) is 0 Å². The normalized spacial score (nSPS) is 41.2. The fourth-order valence-corrected chi connectivity index (χ4v) is 3.76. The summed E-state index contributed by atoms with van der Waals surface area (Å²) < 4.78 is 0. The molecule has 2 heteroatoms. The van der Waals surface area contributed by atoms with Crippen LogP contribution in [0, 0.1) is 16.7 Å². The second kappa shape index (κ2) is 2.38. The van der Waals surface area contributed by atoms with Gasteiger partial charge in [-0.1, -0.05) is 32.0 Å². The summed E-state index contributed by atoms with van der Waals surface area (Å²) in [4.78, 5) is 11.9. The van der Waals surface area contributed by atoms with Crippen molar-refractivity contribution in [1.82, 2.24) is 0 Å². The van der Waals surface area contributed by atoms with E-state index in [-0.39, 0.29) is 5.41 Å². The van der Waals surface area contributed by atoms with E-state index in [1.165, 1.54) is 0 Å². The maximum Gasteiger partial charge on any atom is 0.145 e. The van der Waals surface area contributed by atoms with Crippen molar-refractivity contribution in [1.29, 1.82) is 0 Å². The quantitative estimate of drug-likeness (QED) is 0.633. The first-order chi connectivity index (χ1) is 5.93. The van der Waals surface area contributed by atoms with Gasteiger partial charge in [0.15, 0.2) is 0 Å². The number of halogens is 1. The highest BCUT2D eigenvalue weighted by Gasteiger charge is 2.65. The summed E-state index contributed by atoms with van der Waals surface area (Å²) in [5, 5.41) is 0.558. The van der Waals surface area contributed by atoms with E-state index >= 15 is 0 Å². The number of allylic oxidation sites excluding steroid dienone is 1. The number of hydrogen-bond donors (Lipinski definition) is 0. The van der Waals surface area contributed by atoms with Crippen LogP contribution in [0.3, 0.4) is 0 Å². The van der Waals surface area contributed by atoms with Gasteiger partial charge in [0.05, 0.1) is 5.41 Å². The SMILES string of the molecule is C=C(Cl)C12CCC(CC1=O)C2(C)C. The van der Waals surface area contributed by atoms with Gasteiger partial charge in [-0.15, -0.1) is 0 Å². The van der Waals surface area contributed by atoms with Gasteiger partial charge in [-0.05, 0) is 24.2 Å². The largest absolute Gasteiger partial charge is 0.299 e. The molecule has 0 aliphatic heterocycles. The van der Waals surface area contributed by atoms with Gasteiger partial charge >= 0.3 is 0 Å². The Kier molecular flexibility index (Phi) is 1.70. The summed E-state index contributed by atoms with van der Waals surface area (Å²) in [6.07, 6.45) is 2.75. The molecule has 2 fully saturated rings. The summed E-state index contributed by atoms with van der Waals surface area (Å²) in [6, 6.07) is 0. The topological polar surface area (TPSA) is 17.1 Å². The molecule has 2 atom stereocenters. The van der Waals surface area contributed by atoms with Gasteiger partial charge in [0.1, 0.15) is 5.78 Å². The van der Waals surface area contributed by atoms with E-state index in [9.17, 15) is 4.79 Å². The molecule has 2 bridgehead atoms. The van der Waals surface area contributed by atoms with Crippen LogP contribution in [0.1, 0.15) is 33.1 Å².